The molecule has 5 heteroatoms. The van der Waals surface area contributed by atoms with E-state index in [-0.39, 0.29) is 24.4 Å². The van der Waals surface area contributed by atoms with Gasteiger partial charge in [0, 0.05) is 24.3 Å². The summed E-state index contributed by atoms with van der Waals surface area (Å²) in [6, 6.07) is 17.3. The Hall–Kier alpha value is -2.66. The molecule has 2 amide bonds. The minimum atomic E-state index is -0.146. The molecule has 0 radical (unpaired) electrons. The summed E-state index contributed by atoms with van der Waals surface area (Å²) in [5, 5.41) is 8.87. The first kappa shape index (κ1) is 18.7. The van der Waals surface area contributed by atoms with Crippen molar-refractivity contribution in [3.05, 3.63) is 60.2 Å². The molecule has 5 nitrogen and oxygen atoms in total. The van der Waals surface area contributed by atoms with Crippen molar-refractivity contribution in [2.45, 2.75) is 26.8 Å². The van der Waals surface area contributed by atoms with Gasteiger partial charge in [0.15, 0.2) is 0 Å². The van der Waals surface area contributed by atoms with Crippen molar-refractivity contribution in [2.75, 3.05) is 17.2 Å². The second-order valence-electron chi connectivity index (χ2n) is 6.32. The smallest absolute Gasteiger partial charge is 0.238 e. The summed E-state index contributed by atoms with van der Waals surface area (Å²) in [4.78, 5) is 23.4. The summed E-state index contributed by atoms with van der Waals surface area (Å²) < 4.78 is 0. The maximum Gasteiger partial charge on any atom is 0.238 e. The number of benzene rings is 2. The molecule has 0 aromatic heterocycles. The summed E-state index contributed by atoms with van der Waals surface area (Å²) in [6.07, 6.45) is 0. The third-order valence-electron chi connectivity index (χ3n) is 3.77. The van der Waals surface area contributed by atoms with Crippen LogP contribution in [-0.4, -0.2) is 18.4 Å². The number of hydrogen-bond acceptors (Lipinski definition) is 3. The van der Waals surface area contributed by atoms with Gasteiger partial charge in [-0.3, -0.25) is 9.59 Å². The third-order valence-corrected chi connectivity index (χ3v) is 3.77. The minimum absolute atomic E-state index is 0.109. The summed E-state index contributed by atoms with van der Waals surface area (Å²) in [5.41, 5.74) is 2.47. The topological polar surface area (TPSA) is 70.2 Å². The van der Waals surface area contributed by atoms with Gasteiger partial charge in [0.2, 0.25) is 11.8 Å². The lowest BCUT2D eigenvalue weighted by Crippen LogP contribution is -2.33. The number of hydrogen-bond donors (Lipinski definition) is 3. The molecule has 0 aliphatic rings. The number of carbonyl (C=O) groups is 2. The molecule has 2 aromatic rings. The zero-order valence-electron chi connectivity index (χ0n) is 14.9. The molecule has 132 valence electrons. The molecule has 0 aliphatic heterocycles. The summed E-state index contributed by atoms with van der Waals surface area (Å²) in [7, 11) is 0. The maximum absolute atomic E-state index is 12.2. The van der Waals surface area contributed by atoms with E-state index < -0.39 is 0 Å². The highest BCUT2D eigenvalue weighted by atomic mass is 16.2. The molecule has 2 aromatic carbocycles. The Labute approximate surface area is 148 Å². The van der Waals surface area contributed by atoms with Crippen LogP contribution in [0.4, 0.5) is 11.4 Å². The van der Waals surface area contributed by atoms with E-state index in [2.05, 4.69) is 41.9 Å². The number of nitrogens with one attached hydrogen (secondary N) is 3. The zero-order valence-corrected chi connectivity index (χ0v) is 14.9. The molecule has 3 N–H and O–H groups in total. The second-order valence-corrected chi connectivity index (χ2v) is 6.32. The maximum atomic E-state index is 12.2. The average Bonchev–Trinajstić information content (AvgIpc) is 2.55. The van der Waals surface area contributed by atoms with Crippen molar-refractivity contribution in [1.29, 1.82) is 0 Å². The van der Waals surface area contributed by atoms with Gasteiger partial charge in [0.05, 0.1) is 6.54 Å². The first-order valence-electron chi connectivity index (χ1n) is 8.41. The van der Waals surface area contributed by atoms with Gasteiger partial charge in [-0.15, -0.1) is 0 Å². The Balaban J connectivity index is 1.94. The minimum Gasteiger partial charge on any atom is -0.326 e. The molecule has 2 rings (SSSR count). The molecular formula is C20H25N3O2. The van der Waals surface area contributed by atoms with E-state index in [0.717, 1.165) is 5.56 Å². The van der Waals surface area contributed by atoms with Crippen molar-refractivity contribution in [2.24, 2.45) is 5.92 Å². The van der Waals surface area contributed by atoms with Crippen LogP contribution in [0.15, 0.2) is 54.6 Å². The normalized spacial score (nSPS) is 11.8. The van der Waals surface area contributed by atoms with Gasteiger partial charge < -0.3 is 16.0 Å². The monoisotopic (exact) mass is 339 g/mol. The van der Waals surface area contributed by atoms with Crippen LogP contribution < -0.4 is 16.0 Å². The van der Waals surface area contributed by atoms with Gasteiger partial charge in [-0.1, -0.05) is 50.2 Å². The highest BCUT2D eigenvalue weighted by Gasteiger charge is 2.16. The zero-order chi connectivity index (χ0) is 18.2. The largest absolute Gasteiger partial charge is 0.326 e. The van der Waals surface area contributed by atoms with Gasteiger partial charge in [0.25, 0.3) is 0 Å². The van der Waals surface area contributed by atoms with E-state index in [1.54, 1.807) is 24.3 Å². The molecule has 0 bridgehead atoms. The van der Waals surface area contributed by atoms with Gasteiger partial charge in [-0.2, -0.15) is 0 Å². The fraction of sp³-hybridized carbons (Fsp3) is 0.300. The predicted octanol–water partition coefficient (Wildman–Crippen LogP) is 3.57. The fourth-order valence-corrected chi connectivity index (χ4v) is 2.68. The quantitative estimate of drug-likeness (QED) is 0.722. The van der Waals surface area contributed by atoms with E-state index in [9.17, 15) is 9.59 Å². The van der Waals surface area contributed by atoms with Crippen LogP contribution in [0, 0.1) is 5.92 Å². The van der Waals surface area contributed by atoms with Crippen molar-refractivity contribution in [3.8, 4) is 0 Å². The first-order valence-corrected chi connectivity index (χ1v) is 8.41. The van der Waals surface area contributed by atoms with Crippen LogP contribution in [0.3, 0.4) is 0 Å². The molecule has 0 saturated carbocycles. The lowest BCUT2D eigenvalue weighted by Gasteiger charge is -2.22. The van der Waals surface area contributed by atoms with Crippen molar-refractivity contribution < 1.29 is 9.59 Å². The highest BCUT2D eigenvalue weighted by Crippen LogP contribution is 2.21. The second kappa shape index (κ2) is 8.99. The molecule has 1 unspecified atom stereocenters. The molecule has 0 fully saturated rings. The first-order chi connectivity index (χ1) is 12.0. The molecule has 0 heterocycles. The highest BCUT2D eigenvalue weighted by molar-refractivity contribution is 5.94. The number of rotatable bonds is 7. The lowest BCUT2D eigenvalue weighted by atomic mass is 9.96. The van der Waals surface area contributed by atoms with Gasteiger partial charge >= 0.3 is 0 Å². The summed E-state index contributed by atoms with van der Waals surface area (Å²) >= 11 is 0. The molecule has 0 spiro atoms. The van der Waals surface area contributed by atoms with E-state index in [0.29, 0.717) is 17.3 Å². The Bertz CT molecular complexity index is 714. The lowest BCUT2D eigenvalue weighted by molar-refractivity contribution is -0.115. The Morgan fingerprint density at radius 1 is 0.920 bits per heavy atom. The van der Waals surface area contributed by atoms with E-state index >= 15 is 0 Å². The SMILES string of the molecule is CC(=O)Nc1cccc(NC(=O)CNC(c2ccccc2)C(C)C)c1. The Kier molecular flexibility index (Phi) is 6.71. The number of carbonyl (C=O) groups excluding carboxylic acids is 2. The van der Waals surface area contributed by atoms with Crippen LogP contribution in [0.1, 0.15) is 32.4 Å². The summed E-state index contributed by atoms with van der Waals surface area (Å²) in [5.74, 6) is 0.0904. The number of anilines is 2. The van der Waals surface area contributed by atoms with Crippen LogP contribution in [0.2, 0.25) is 0 Å². The van der Waals surface area contributed by atoms with E-state index in [1.807, 2.05) is 18.2 Å². The van der Waals surface area contributed by atoms with E-state index in [1.165, 1.54) is 6.92 Å². The molecule has 25 heavy (non-hydrogen) atoms. The van der Waals surface area contributed by atoms with Crippen LogP contribution >= 0.6 is 0 Å². The molecule has 1 atom stereocenters. The predicted molar refractivity (Wildman–Crippen MR) is 101 cm³/mol. The van der Waals surface area contributed by atoms with E-state index in [4.69, 9.17) is 0 Å². The van der Waals surface area contributed by atoms with Crippen LogP contribution in [-0.2, 0) is 9.59 Å². The van der Waals surface area contributed by atoms with Crippen molar-refractivity contribution in [3.63, 3.8) is 0 Å². The third kappa shape index (κ3) is 6.04. The Morgan fingerprint density at radius 2 is 1.56 bits per heavy atom. The van der Waals surface area contributed by atoms with Gasteiger partial charge in [-0.05, 0) is 29.7 Å². The standard InChI is InChI=1S/C20H25N3O2/c1-14(2)20(16-8-5-4-6-9-16)21-13-19(25)23-18-11-7-10-17(12-18)22-15(3)24/h4-12,14,20-21H,13H2,1-3H3,(H,22,24)(H,23,25). The van der Waals surface area contributed by atoms with Crippen molar-refractivity contribution in [1.82, 2.24) is 5.32 Å². The molecular weight excluding hydrogens is 314 g/mol. The molecule has 0 saturated heterocycles. The Morgan fingerprint density at radius 3 is 2.16 bits per heavy atom. The average molecular weight is 339 g/mol. The van der Waals surface area contributed by atoms with Gasteiger partial charge in [-0.25, -0.2) is 0 Å². The van der Waals surface area contributed by atoms with Crippen LogP contribution in [0.25, 0.3) is 0 Å². The summed E-state index contributed by atoms with van der Waals surface area (Å²) in [6.45, 7) is 5.91. The fourth-order valence-electron chi connectivity index (χ4n) is 2.68. The molecule has 0 aliphatic carbocycles. The van der Waals surface area contributed by atoms with Crippen LogP contribution in [0.5, 0.6) is 0 Å². The number of amides is 2. The van der Waals surface area contributed by atoms with Crippen molar-refractivity contribution >= 4 is 23.2 Å². The van der Waals surface area contributed by atoms with Gasteiger partial charge in [0.1, 0.15) is 0 Å².